The summed E-state index contributed by atoms with van der Waals surface area (Å²) in [5, 5.41) is 4.14. The van der Waals surface area contributed by atoms with Gasteiger partial charge in [-0.15, -0.1) is 0 Å². The Balaban J connectivity index is 1.55. The first-order valence-corrected chi connectivity index (χ1v) is 7.33. The highest BCUT2D eigenvalue weighted by Crippen LogP contribution is 2.17. The van der Waals surface area contributed by atoms with Crippen molar-refractivity contribution in [2.45, 2.75) is 18.9 Å². The van der Waals surface area contributed by atoms with Gasteiger partial charge in [0.1, 0.15) is 12.4 Å². The van der Waals surface area contributed by atoms with E-state index < -0.39 is 0 Å². The molecule has 1 heterocycles. The fourth-order valence-corrected chi connectivity index (χ4v) is 2.41. The van der Waals surface area contributed by atoms with Crippen molar-refractivity contribution >= 4 is 18.1 Å². The quantitative estimate of drug-likeness (QED) is 0.784. The van der Waals surface area contributed by atoms with E-state index in [9.17, 15) is 4.79 Å². The molecule has 0 aliphatic carbocycles. The lowest BCUT2D eigenvalue weighted by Gasteiger charge is -2.07. The first-order chi connectivity index (χ1) is 10.8. The minimum absolute atomic E-state index is 0.0671. The topological polar surface area (TPSA) is 38.7 Å². The van der Waals surface area contributed by atoms with E-state index >= 15 is 0 Å². The average molecular weight is 291 g/mol. The maximum atomic E-state index is 10.6. The van der Waals surface area contributed by atoms with E-state index in [-0.39, 0.29) is 6.10 Å². The van der Waals surface area contributed by atoms with E-state index in [4.69, 9.17) is 4.84 Å². The third kappa shape index (κ3) is 3.70. The molecule has 0 saturated heterocycles. The Labute approximate surface area is 129 Å². The largest absolute Gasteiger partial charge is 0.392 e. The maximum Gasteiger partial charge on any atom is 0.150 e. The average Bonchev–Trinajstić information content (AvgIpc) is 3.02. The van der Waals surface area contributed by atoms with Crippen LogP contribution in [0.2, 0.25) is 0 Å². The first kappa shape index (κ1) is 14.3. The number of nitrogens with zero attached hydrogens (tertiary/aromatic N) is 1. The minimum Gasteiger partial charge on any atom is -0.392 e. The Bertz CT molecular complexity index is 687. The SMILES string of the molecule is O=Cc1ccc(CC2CC(/C=C/c3ccccc3)=NO2)cc1. The van der Waals surface area contributed by atoms with Crippen LogP contribution in [0.5, 0.6) is 0 Å². The number of allylic oxidation sites excluding steroid dienone is 1. The van der Waals surface area contributed by atoms with Crippen LogP contribution >= 0.6 is 0 Å². The molecule has 22 heavy (non-hydrogen) atoms. The Kier molecular flexibility index (Phi) is 4.44. The maximum absolute atomic E-state index is 10.6. The van der Waals surface area contributed by atoms with Crippen molar-refractivity contribution in [3.63, 3.8) is 0 Å². The van der Waals surface area contributed by atoms with Crippen molar-refractivity contribution < 1.29 is 9.63 Å². The second kappa shape index (κ2) is 6.85. The zero-order valence-corrected chi connectivity index (χ0v) is 12.2. The summed E-state index contributed by atoms with van der Waals surface area (Å²) in [7, 11) is 0. The zero-order valence-electron chi connectivity index (χ0n) is 12.2. The van der Waals surface area contributed by atoms with E-state index in [1.807, 2.05) is 54.6 Å². The second-order valence-corrected chi connectivity index (χ2v) is 5.32. The number of rotatable bonds is 5. The molecule has 0 radical (unpaired) electrons. The molecule has 0 N–H and O–H groups in total. The summed E-state index contributed by atoms with van der Waals surface area (Å²) in [6.45, 7) is 0. The van der Waals surface area contributed by atoms with Gasteiger partial charge in [-0.1, -0.05) is 65.8 Å². The molecular formula is C19H17NO2. The molecule has 110 valence electrons. The molecule has 3 rings (SSSR count). The van der Waals surface area contributed by atoms with Crippen LogP contribution in [0.4, 0.5) is 0 Å². The van der Waals surface area contributed by atoms with Crippen LogP contribution in [0, 0.1) is 0 Å². The van der Waals surface area contributed by atoms with Crippen molar-refractivity contribution in [3.05, 3.63) is 77.4 Å². The molecular weight excluding hydrogens is 274 g/mol. The van der Waals surface area contributed by atoms with E-state index in [1.54, 1.807) is 0 Å². The van der Waals surface area contributed by atoms with Gasteiger partial charge in [-0.3, -0.25) is 4.79 Å². The predicted octanol–water partition coefficient (Wildman–Crippen LogP) is 3.90. The van der Waals surface area contributed by atoms with E-state index in [0.717, 1.165) is 36.0 Å². The summed E-state index contributed by atoms with van der Waals surface area (Å²) in [6.07, 6.45) is 6.57. The summed E-state index contributed by atoms with van der Waals surface area (Å²) in [5.74, 6) is 0. The van der Waals surface area contributed by atoms with Crippen LogP contribution in [-0.2, 0) is 11.3 Å². The molecule has 0 spiro atoms. The van der Waals surface area contributed by atoms with E-state index in [0.29, 0.717) is 5.56 Å². The lowest BCUT2D eigenvalue weighted by atomic mass is 10.0. The molecule has 1 aliphatic rings. The molecule has 0 saturated carbocycles. The Morgan fingerprint density at radius 2 is 1.77 bits per heavy atom. The highest BCUT2D eigenvalue weighted by Gasteiger charge is 2.19. The summed E-state index contributed by atoms with van der Waals surface area (Å²) in [6, 6.07) is 17.7. The number of benzene rings is 2. The number of hydrogen-bond acceptors (Lipinski definition) is 3. The lowest BCUT2D eigenvalue weighted by molar-refractivity contribution is 0.0859. The third-order valence-electron chi connectivity index (χ3n) is 3.60. The Morgan fingerprint density at radius 3 is 2.50 bits per heavy atom. The van der Waals surface area contributed by atoms with Gasteiger partial charge >= 0.3 is 0 Å². The van der Waals surface area contributed by atoms with E-state index in [2.05, 4.69) is 17.3 Å². The fraction of sp³-hybridized carbons (Fsp3) is 0.158. The molecule has 1 atom stereocenters. The molecule has 1 aliphatic heterocycles. The molecule has 3 heteroatoms. The summed E-state index contributed by atoms with van der Waals surface area (Å²) < 4.78 is 0. The number of aldehydes is 1. The normalized spacial score (nSPS) is 17.3. The van der Waals surface area contributed by atoms with Gasteiger partial charge in [-0.05, 0) is 17.2 Å². The smallest absolute Gasteiger partial charge is 0.150 e. The van der Waals surface area contributed by atoms with Crippen LogP contribution in [-0.4, -0.2) is 18.1 Å². The van der Waals surface area contributed by atoms with Crippen molar-refractivity contribution in [1.29, 1.82) is 0 Å². The lowest BCUT2D eigenvalue weighted by Crippen LogP contribution is -2.10. The molecule has 0 bridgehead atoms. The molecule has 0 fully saturated rings. The van der Waals surface area contributed by atoms with Gasteiger partial charge in [0.2, 0.25) is 0 Å². The standard InChI is InChI=1S/C19H17NO2/c21-14-17-8-6-16(7-9-17)12-19-13-18(20-22-19)11-10-15-4-2-1-3-5-15/h1-11,14,19H,12-13H2/b11-10+. The fourth-order valence-electron chi connectivity index (χ4n) is 2.41. The summed E-state index contributed by atoms with van der Waals surface area (Å²) >= 11 is 0. The Hall–Kier alpha value is -2.68. The van der Waals surface area contributed by atoms with Gasteiger partial charge in [-0.2, -0.15) is 0 Å². The third-order valence-corrected chi connectivity index (χ3v) is 3.60. The van der Waals surface area contributed by atoms with Crippen LogP contribution in [0.3, 0.4) is 0 Å². The summed E-state index contributed by atoms with van der Waals surface area (Å²) in [5.41, 5.74) is 3.95. The molecule has 0 aromatic heterocycles. The highest BCUT2D eigenvalue weighted by molar-refractivity contribution is 5.98. The molecule has 1 unspecified atom stereocenters. The van der Waals surface area contributed by atoms with Crippen molar-refractivity contribution in [1.82, 2.24) is 0 Å². The molecule has 3 nitrogen and oxygen atoms in total. The van der Waals surface area contributed by atoms with Crippen LogP contribution in [0.1, 0.15) is 27.9 Å². The number of oxime groups is 1. The van der Waals surface area contributed by atoms with Crippen LogP contribution < -0.4 is 0 Å². The number of carbonyl (C=O) groups is 1. The van der Waals surface area contributed by atoms with Gasteiger partial charge in [0.05, 0.1) is 5.71 Å². The van der Waals surface area contributed by atoms with Gasteiger partial charge in [0.15, 0.2) is 0 Å². The molecule has 2 aromatic rings. The number of hydrogen-bond donors (Lipinski definition) is 0. The monoisotopic (exact) mass is 291 g/mol. The van der Waals surface area contributed by atoms with Crippen LogP contribution in [0.25, 0.3) is 6.08 Å². The summed E-state index contributed by atoms with van der Waals surface area (Å²) in [4.78, 5) is 16.1. The minimum atomic E-state index is 0.0671. The number of carbonyl (C=O) groups excluding carboxylic acids is 1. The van der Waals surface area contributed by atoms with Gasteiger partial charge in [0, 0.05) is 18.4 Å². The highest BCUT2D eigenvalue weighted by atomic mass is 16.6. The van der Waals surface area contributed by atoms with Gasteiger partial charge in [-0.25, -0.2) is 0 Å². The predicted molar refractivity (Wildman–Crippen MR) is 87.9 cm³/mol. The zero-order chi connectivity index (χ0) is 15.2. The van der Waals surface area contributed by atoms with Crippen LogP contribution in [0.15, 0.2) is 65.8 Å². The molecule has 0 amide bonds. The van der Waals surface area contributed by atoms with Crippen molar-refractivity contribution in [3.8, 4) is 0 Å². The first-order valence-electron chi connectivity index (χ1n) is 7.33. The van der Waals surface area contributed by atoms with Gasteiger partial charge < -0.3 is 4.84 Å². The van der Waals surface area contributed by atoms with Gasteiger partial charge in [0.25, 0.3) is 0 Å². The van der Waals surface area contributed by atoms with Crippen molar-refractivity contribution in [2.24, 2.45) is 5.16 Å². The second-order valence-electron chi connectivity index (χ2n) is 5.32. The van der Waals surface area contributed by atoms with E-state index in [1.165, 1.54) is 0 Å². The Morgan fingerprint density at radius 1 is 1.00 bits per heavy atom. The van der Waals surface area contributed by atoms with Crippen molar-refractivity contribution in [2.75, 3.05) is 0 Å². The molecule has 2 aromatic carbocycles.